The molecule has 0 spiro atoms. The van der Waals surface area contributed by atoms with Crippen molar-refractivity contribution in [2.24, 2.45) is 0 Å². The van der Waals surface area contributed by atoms with Gasteiger partial charge in [-0.1, -0.05) is 29.8 Å². The molecule has 2 aromatic heterocycles. The van der Waals surface area contributed by atoms with E-state index in [0.29, 0.717) is 16.5 Å². The predicted octanol–water partition coefficient (Wildman–Crippen LogP) is 3.71. The Balaban J connectivity index is 1.65. The molecule has 0 aliphatic carbocycles. The van der Waals surface area contributed by atoms with Crippen LogP contribution in [0.25, 0.3) is 11.7 Å². The number of rotatable bonds is 5. The fourth-order valence-electron chi connectivity index (χ4n) is 2.77. The molecule has 0 saturated carbocycles. The van der Waals surface area contributed by atoms with Crippen molar-refractivity contribution in [2.45, 2.75) is 13.8 Å². The highest BCUT2D eigenvalue weighted by atomic mass is 35.5. The van der Waals surface area contributed by atoms with Crippen LogP contribution in [0.15, 0.2) is 48.7 Å². The molecule has 1 aromatic carbocycles. The Hall–Kier alpha value is -3.12. The van der Waals surface area contributed by atoms with Crippen molar-refractivity contribution in [3.8, 4) is 0 Å². The molecule has 28 heavy (non-hydrogen) atoms. The number of halogens is 1. The van der Waals surface area contributed by atoms with E-state index < -0.39 is 0 Å². The molecule has 0 aliphatic heterocycles. The van der Waals surface area contributed by atoms with Crippen LogP contribution in [-0.4, -0.2) is 39.7 Å². The first-order valence-electron chi connectivity index (χ1n) is 8.78. The highest BCUT2D eigenvalue weighted by Crippen LogP contribution is 2.19. The summed E-state index contributed by atoms with van der Waals surface area (Å²) in [4.78, 5) is 30.2. The molecule has 0 radical (unpaired) electrons. The summed E-state index contributed by atoms with van der Waals surface area (Å²) >= 11 is 6.16. The van der Waals surface area contributed by atoms with Crippen LogP contribution < -0.4 is 5.32 Å². The van der Waals surface area contributed by atoms with Crippen LogP contribution in [0.4, 0.5) is 5.69 Å². The van der Waals surface area contributed by atoms with Crippen molar-refractivity contribution >= 4 is 40.8 Å². The first-order valence-corrected chi connectivity index (χ1v) is 9.16. The molecule has 0 saturated heterocycles. The van der Waals surface area contributed by atoms with Crippen LogP contribution in [0, 0.1) is 13.8 Å². The minimum absolute atomic E-state index is 0.0581. The number of aromatic nitrogens is 2. The van der Waals surface area contributed by atoms with Gasteiger partial charge < -0.3 is 10.2 Å². The maximum Gasteiger partial charge on any atom is 0.246 e. The van der Waals surface area contributed by atoms with E-state index in [1.165, 1.54) is 11.0 Å². The third kappa shape index (κ3) is 4.40. The highest BCUT2D eigenvalue weighted by molar-refractivity contribution is 6.31. The Bertz CT molecular complexity index is 1070. The summed E-state index contributed by atoms with van der Waals surface area (Å²) in [5.74, 6) is -0.566. The number of aryl methyl sites for hydroxylation is 2. The van der Waals surface area contributed by atoms with E-state index in [9.17, 15) is 9.59 Å². The molecule has 6 nitrogen and oxygen atoms in total. The van der Waals surface area contributed by atoms with Crippen molar-refractivity contribution in [3.63, 3.8) is 0 Å². The van der Waals surface area contributed by atoms with Gasteiger partial charge in [-0.2, -0.15) is 0 Å². The highest BCUT2D eigenvalue weighted by Gasteiger charge is 2.13. The van der Waals surface area contributed by atoms with Gasteiger partial charge in [-0.25, -0.2) is 4.98 Å². The first kappa shape index (κ1) is 19.6. The number of carbonyl (C=O) groups excluding carboxylic acids is 2. The average Bonchev–Trinajstić information content (AvgIpc) is 2.97. The molecular formula is C21H21ClN4O2. The number of nitrogens with one attached hydrogen (secondary N) is 1. The number of hydrogen-bond donors (Lipinski definition) is 1. The maximum atomic E-state index is 12.4. The maximum absolute atomic E-state index is 12.4. The molecular weight excluding hydrogens is 376 g/mol. The molecule has 1 N–H and O–H groups in total. The number of nitrogens with zero attached hydrogens (tertiary/aromatic N) is 3. The second-order valence-corrected chi connectivity index (χ2v) is 6.97. The normalized spacial score (nSPS) is 11.1. The molecule has 0 bridgehead atoms. The van der Waals surface area contributed by atoms with Crippen molar-refractivity contribution < 1.29 is 9.59 Å². The molecule has 0 aliphatic rings. The topological polar surface area (TPSA) is 66.7 Å². The Morgan fingerprint density at radius 3 is 2.82 bits per heavy atom. The van der Waals surface area contributed by atoms with Crippen LogP contribution in [-0.2, 0) is 9.59 Å². The zero-order chi connectivity index (χ0) is 20.3. The van der Waals surface area contributed by atoms with Gasteiger partial charge in [0.05, 0.1) is 12.2 Å². The first-order chi connectivity index (χ1) is 13.3. The molecule has 2 amide bonds. The number of benzene rings is 1. The van der Waals surface area contributed by atoms with Gasteiger partial charge in [0.15, 0.2) is 5.15 Å². The molecule has 0 fully saturated rings. The second-order valence-electron chi connectivity index (χ2n) is 6.61. The smallest absolute Gasteiger partial charge is 0.246 e. The third-order valence-electron chi connectivity index (χ3n) is 4.33. The number of carbonyl (C=O) groups is 2. The van der Waals surface area contributed by atoms with E-state index in [2.05, 4.69) is 10.3 Å². The number of imidazole rings is 1. The molecule has 7 heteroatoms. The van der Waals surface area contributed by atoms with Gasteiger partial charge in [0.2, 0.25) is 11.8 Å². The van der Waals surface area contributed by atoms with E-state index in [4.69, 9.17) is 11.6 Å². The van der Waals surface area contributed by atoms with E-state index in [1.807, 2.05) is 56.4 Å². The Morgan fingerprint density at radius 2 is 2.04 bits per heavy atom. The molecule has 3 aromatic rings. The van der Waals surface area contributed by atoms with E-state index in [-0.39, 0.29) is 18.4 Å². The lowest BCUT2D eigenvalue weighted by atomic mass is 10.1. The van der Waals surface area contributed by atoms with E-state index in [1.54, 1.807) is 17.5 Å². The number of fused-ring (bicyclic) bond motifs is 1. The molecule has 0 unspecified atom stereocenters. The number of amides is 2. The van der Waals surface area contributed by atoms with Gasteiger partial charge in [-0.3, -0.25) is 14.0 Å². The number of pyridine rings is 1. The van der Waals surface area contributed by atoms with Gasteiger partial charge in [0.1, 0.15) is 5.65 Å². The fraction of sp³-hybridized carbons (Fsp3) is 0.190. The number of likely N-dealkylation sites (N-methyl/N-ethyl adjacent to an activating group) is 1. The summed E-state index contributed by atoms with van der Waals surface area (Å²) in [6, 6.07) is 11.4. The summed E-state index contributed by atoms with van der Waals surface area (Å²) < 4.78 is 1.79. The summed E-state index contributed by atoms with van der Waals surface area (Å²) in [7, 11) is 1.57. The second kappa shape index (κ2) is 8.27. The van der Waals surface area contributed by atoms with Gasteiger partial charge >= 0.3 is 0 Å². The summed E-state index contributed by atoms with van der Waals surface area (Å²) in [5, 5.41) is 3.16. The van der Waals surface area contributed by atoms with Gasteiger partial charge in [-0.05, 0) is 49.2 Å². The van der Waals surface area contributed by atoms with Gasteiger partial charge in [0.25, 0.3) is 0 Å². The molecule has 144 valence electrons. The monoisotopic (exact) mass is 396 g/mol. The van der Waals surface area contributed by atoms with Crippen LogP contribution in [0.3, 0.4) is 0 Å². The predicted molar refractivity (Wildman–Crippen MR) is 111 cm³/mol. The summed E-state index contributed by atoms with van der Waals surface area (Å²) in [5.41, 5.74) is 4.08. The van der Waals surface area contributed by atoms with Crippen LogP contribution in [0.1, 0.15) is 16.8 Å². The number of anilines is 1. The van der Waals surface area contributed by atoms with Gasteiger partial charge in [-0.15, -0.1) is 0 Å². The molecule has 2 heterocycles. The van der Waals surface area contributed by atoms with E-state index in [0.717, 1.165) is 16.8 Å². The van der Waals surface area contributed by atoms with Crippen molar-refractivity contribution in [3.05, 3.63) is 70.6 Å². The Morgan fingerprint density at radius 1 is 1.25 bits per heavy atom. The van der Waals surface area contributed by atoms with E-state index >= 15 is 0 Å². The van der Waals surface area contributed by atoms with Crippen molar-refractivity contribution in [2.75, 3.05) is 18.9 Å². The lowest BCUT2D eigenvalue weighted by Crippen LogP contribution is -2.34. The third-order valence-corrected chi connectivity index (χ3v) is 4.61. The summed E-state index contributed by atoms with van der Waals surface area (Å²) in [6.07, 6.45) is 4.80. The quantitative estimate of drug-likeness (QED) is 0.668. The molecule has 3 rings (SSSR count). The standard InChI is InChI=1S/C21H21ClN4O2/c1-14-7-8-15(2)16(12-14)23-19(27)13-25(3)20(28)10-9-17-21(22)24-18-6-4-5-11-26(17)18/h4-12H,13H2,1-3H3,(H,23,27)/b10-9+. The zero-order valence-electron chi connectivity index (χ0n) is 15.9. The summed E-state index contributed by atoms with van der Waals surface area (Å²) in [6.45, 7) is 3.82. The SMILES string of the molecule is Cc1ccc(C)c(NC(=O)CN(C)C(=O)/C=C/c2c(Cl)nc3ccccn23)c1. The van der Waals surface area contributed by atoms with Crippen molar-refractivity contribution in [1.82, 2.24) is 14.3 Å². The largest absolute Gasteiger partial charge is 0.333 e. The minimum Gasteiger partial charge on any atom is -0.333 e. The minimum atomic E-state index is -0.307. The zero-order valence-corrected chi connectivity index (χ0v) is 16.7. The lowest BCUT2D eigenvalue weighted by Gasteiger charge is -2.16. The fourth-order valence-corrected chi connectivity index (χ4v) is 3.01. The Kier molecular flexibility index (Phi) is 5.80. The van der Waals surface area contributed by atoms with Crippen LogP contribution in [0.2, 0.25) is 5.15 Å². The Labute approximate surface area is 168 Å². The van der Waals surface area contributed by atoms with Crippen LogP contribution >= 0.6 is 11.6 Å². The van der Waals surface area contributed by atoms with Crippen LogP contribution in [0.5, 0.6) is 0 Å². The molecule has 0 atom stereocenters. The number of hydrogen-bond acceptors (Lipinski definition) is 3. The lowest BCUT2D eigenvalue weighted by molar-refractivity contribution is -0.129. The average molecular weight is 397 g/mol. The van der Waals surface area contributed by atoms with Gasteiger partial charge in [0, 0.05) is 25.0 Å². The van der Waals surface area contributed by atoms with Crippen molar-refractivity contribution in [1.29, 1.82) is 0 Å².